The second kappa shape index (κ2) is 10.1. The van der Waals surface area contributed by atoms with Crippen LogP contribution >= 0.6 is 0 Å². The van der Waals surface area contributed by atoms with Crippen LogP contribution in [0.5, 0.6) is 0 Å². The van der Waals surface area contributed by atoms with Crippen molar-refractivity contribution in [2.24, 2.45) is 11.8 Å². The zero-order chi connectivity index (χ0) is 21.5. The third kappa shape index (κ3) is 5.47. The quantitative estimate of drug-likeness (QED) is 0.617. The van der Waals surface area contributed by atoms with Gasteiger partial charge >= 0.3 is 12.1 Å². The number of nitrogens with zero attached hydrogens (tertiary/aromatic N) is 1. The Balaban J connectivity index is 1.73. The van der Waals surface area contributed by atoms with Crippen LogP contribution in [0.25, 0.3) is 0 Å². The van der Waals surface area contributed by atoms with Crippen molar-refractivity contribution in [1.29, 1.82) is 0 Å². The number of esters is 1. The number of cyclic esters (lactones) is 1. The molecule has 0 bridgehead atoms. The Bertz CT molecular complexity index is 866. The normalized spacial score (nSPS) is 17.0. The molecule has 1 aliphatic rings. The molecule has 158 valence electrons. The minimum Gasteiger partial charge on any atom is -0.461 e. The summed E-state index contributed by atoms with van der Waals surface area (Å²) in [6.45, 7) is 4.20. The molecule has 0 aliphatic carbocycles. The second-order valence-electron chi connectivity index (χ2n) is 7.83. The van der Waals surface area contributed by atoms with Crippen LogP contribution in [0, 0.1) is 11.8 Å². The van der Waals surface area contributed by atoms with Gasteiger partial charge in [0.2, 0.25) is 5.91 Å². The first kappa shape index (κ1) is 21.6. The zero-order valence-corrected chi connectivity index (χ0v) is 17.3. The van der Waals surface area contributed by atoms with Crippen LogP contribution in [0.3, 0.4) is 0 Å². The largest absolute Gasteiger partial charge is 0.461 e. The summed E-state index contributed by atoms with van der Waals surface area (Å²) in [6, 6.07) is 18.5. The summed E-state index contributed by atoms with van der Waals surface area (Å²) in [7, 11) is 0. The van der Waals surface area contributed by atoms with Crippen LogP contribution in [-0.4, -0.2) is 35.5 Å². The van der Waals surface area contributed by atoms with Crippen LogP contribution in [0.4, 0.5) is 4.79 Å². The lowest BCUT2D eigenvalue weighted by Crippen LogP contribution is -2.45. The predicted molar refractivity (Wildman–Crippen MR) is 111 cm³/mol. The highest BCUT2D eigenvalue weighted by molar-refractivity contribution is 5.96. The van der Waals surface area contributed by atoms with E-state index in [2.05, 4.69) is 0 Å². The molecule has 1 fully saturated rings. The first-order valence-corrected chi connectivity index (χ1v) is 10.2. The van der Waals surface area contributed by atoms with Gasteiger partial charge in [-0.3, -0.25) is 9.59 Å². The lowest BCUT2D eigenvalue weighted by Gasteiger charge is -2.26. The van der Waals surface area contributed by atoms with Crippen molar-refractivity contribution in [1.82, 2.24) is 4.90 Å². The van der Waals surface area contributed by atoms with Gasteiger partial charge in [-0.1, -0.05) is 74.5 Å². The van der Waals surface area contributed by atoms with Gasteiger partial charge in [0.25, 0.3) is 0 Å². The number of amides is 2. The van der Waals surface area contributed by atoms with Gasteiger partial charge in [-0.05, 0) is 23.5 Å². The molecule has 2 amide bonds. The van der Waals surface area contributed by atoms with Crippen molar-refractivity contribution in [2.45, 2.75) is 39.3 Å². The van der Waals surface area contributed by atoms with Crippen molar-refractivity contribution in [3.05, 3.63) is 71.8 Å². The molecular weight excluding hydrogens is 382 g/mol. The molecule has 30 heavy (non-hydrogen) atoms. The summed E-state index contributed by atoms with van der Waals surface area (Å²) >= 11 is 0. The van der Waals surface area contributed by atoms with Gasteiger partial charge in [0.05, 0.1) is 18.4 Å². The topological polar surface area (TPSA) is 72.9 Å². The van der Waals surface area contributed by atoms with Gasteiger partial charge in [0, 0.05) is 0 Å². The number of hydrogen-bond donors (Lipinski definition) is 0. The van der Waals surface area contributed by atoms with Crippen molar-refractivity contribution < 1.29 is 23.9 Å². The van der Waals surface area contributed by atoms with Crippen molar-refractivity contribution in [3.63, 3.8) is 0 Å². The number of benzene rings is 2. The lowest BCUT2D eigenvalue weighted by atomic mass is 9.93. The highest BCUT2D eigenvalue weighted by atomic mass is 16.6. The van der Waals surface area contributed by atoms with Crippen LogP contribution in [-0.2, 0) is 32.1 Å². The SMILES string of the molecule is CC(C)C1COC(=O)N1C(=O)[C@@H](CC(=O)OCc1ccccc1)Cc1ccccc1. The molecule has 2 atom stereocenters. The molecule has 0 radical (unpaired) electrons. The standard InChI is InChI=1S/C24H27NO5/c1-17(2)21-16-30-24(28)25(21)23(27)20(13-18-9-5-3-6-10-18)14-22(26)29-15-19-11-7-4-8-12-19/h3-12,17,20-21H,13-16H2,1-2H3/t20-,21?/m1/s1. The fraction of sp³-hybridized carbons (Fsp3) is 0.375. The fourth-order valence-corrected chi connectivity index (χ4v) is 3.52. The molecule has 3 rings (SSSR count). The summed E-state index contributed by atoms with van der Waals surface area (Å²) in [5.74, 6) is -1.51. The molecule has 0 aromatic heterocycles. The summed E-state index contributed by atoms with van der Waals surface area (Å²) < 4.78 is 10.5. The van der Waals surface area contributed by atoms with Crippen LogP contribution in [0.1, 0.15) is 31.4 Å². The molecule has 0 saturated carbocycles. The molecule has 1 unspecified atom stereocenters. The highest BCUT2D eigenvalue weighted by Gasteiger charge is 2.42. The van der Waals surface area contributed by atoms with Crippen molar-refractivity contribution in [2.75, 3.05) is 6.61 Å². The van der Waals surface area contributed by atoms with Gasteiger partial charge in [0.1, 0.15) is 13.2 Å². The molecule has 2 aromatic carbocycles. The molecule has 0 spiro atoms. The lowest BCUT2D eigenvalue weighted by molar-refractivity contribution is -0.149. The van der Waals surface area contributed by atoms with Gasteiger partial charge in [-0.2, -0.15) is 0 Å². The Morgan fingerprint density at radius 2 is 1.63 bits per heavy atom. The summed E-state index contributed by atoms with van der Waals surface area (Å²) in [5.41, 5.74) is 1.79. The number of rotatable bonds is 8. The number of carbonyl (C=O) groups excluding carboxylic acids is 3. The van der Waals surface area contributed by atoms with Crippen LogP contribution < -0.4 is 0 Å². The number of imide groups is 1. The first-order valence-electron chi connectivity index (χ1n) is 10.2. The van der Waals surface area contributed by atoms with E-state index in [4.69, 9.17) is 9.47 Å². The Morgan fingerprint density at radius 1 is 1.03 bits per heavy atom. The summed E-state index contributed by atoms with van der Waals surface area (Å²) in [6.07, 6.45) is -0.404. The van der Waals surface area contributed by atoms with E-state index in [-0.39, 0.29) is 31.6 Å². The maximum Gasteiger partial charge on any atom is 0.416 e. The Kier molecular flexibility index (Phi) is 7.22. The number of carbonyl (C=O) groups is 3. The molecule has 2 aromatic rings. The second-order valence-corrected chi connectivity index (χ2v) is 7.83. The van der Waals surface area contributed by atoms with E-state index >= 15 is 0 Å². The third-order valence-electron chi connectivity index (χ3n) is 5.24. The van der Waals surface area contributed by atoms with E-state index < -0.39 is 23.9 Å². The molecular formula is C24H27NO5. The molecule has 1 saturated heterocycles. The smallest absolute Gasteiger partial charge is 0.416 e. The third-order valence-corrected chi connectivity index (χ3v) is 5.24. The molecule has 0 N–H and O–H groups in total. The van der Waals surface area contributed by atoms with Crippen LogP contribution in [0.2, 0.25) is 0 Å². The van der Waals surface area contributed by atoms with Crippen molar-refractivity contribution in [3.8, 4) is 0 Å². The maximum atomic E-state index is 13.3. The van der Waals surface area contributed by atoms with Gasteiger partial charge in [0.15, 0.2) is 0 Å². The predicted octanol–water partition coefficient (Wildman–Crippen LogP) is 3.98. The maximum absolute atomic E-state index is 13.3. The van der Waals surface area contributed by atoms with Crippen molar-refractivity contribution >= 4 is 18.0 Å². The average molecular weight is 409 g/mol. The van der Waals surface area contributed by atoms with E-state index in [1.54, 1.807) is 0 Å². The molecule has 1 aliphatic heterocycles. The summed E-state index contributed by atoms with van der Waals surface area (Å²) in [4.78, 5) is 39.3. The monoisotopic (exact) mass is 409 g/mol. The fourth-order valence-electron chi connectivity index (χ4n) is 3.52. The van der Waals surface area contributed by atoms with Crippen LogP contribution in [0.15, 0.2) is 60.7 Å². The van der Waals surface area contributed by atoms with E-state index in [1.165, 1.54) is 4.90 Å². The zero-order valence-electron chi connectivity index (χ0n) is 17.3. The van der Waals surface area contributed by atoms with E-state index in [0.29, 0.717) is 6.42 Å². The number of hydrogen-bond acceptors (Lipinski definition) is 5. The summed E-state index contributed by atoms with van der Waals surface area (Å²) in [5, 5.41) is 0. The minimum atomic E-state index is -0.706. The Labute approximate surface area is 176 Å². The Hall–Kier alpha value is -3.15. The molecule has 6 heteroatoms. The minimum absolute atomic E-state index is 0.0582. The van der Waals surface area contributed by atoms with Gasteiger partial charge in [-0.15, -0.1) is 0 Å². The van der Waals surface area contributed by atoms with E-state index in [1.807, 2.05) is 74.5 Å². The first-order chi connectivity index (χ1) is 14.5. The highest BCUT2D eigenvalue weighted by Crippen LogP contribution is 2.25. The van der Waals surface area contributed by atoms with E-state index in [9.17, 15) is 14.4 Å². The number of ether oxygens (including phenoxy) is 2. The van der Waals surface area contributed by atoms with Gasteiger partial charge < -0.3 is 9.47 Å². The average Bonchev–Trinajstić information content (AvgIpc) is 3.14. The molecule has 1 heterocycles. The van der Waals surface area contributed by atoms with E-state index in [0.717, 1.165) is 11.1 Å². The Morgan fingerprint density at radius 3 is 2.23 bits per heavy atom. The van der Waals surface area contributed by atoms with Gasteiger partial charge in [-0.25, -0.2) is 9.69 Å². The molecule has 6 nitrogen and oxygen atoms in total.